The van der Waals surface area contributed by atoms with E-state index in [1.54, 1.807) is 11.8 Å². The van der Waals surface area contributed by atoms with E-state index in [4.69, 9.17) is 0 Å². The third-order valence-corrected chi connectivity index (χ3v) is 4.45. The molecule has 1 aromatic heterocycles. The van der Waals surface area contributed by atoms with Crippen molar-refractivity contribution in [3.05, 3.63) is 27.7 Å². The normalized spacial score (nSPS) is 18.7. The van der Waals surface area contributed by atoms with Gasteiger partial charge in [-0.25, -0.2) is 0 Å². The van der Waals surface area contributed by atoms with Gasteiger partial charge in [-0.05, 0) is 38.5 Å². The van der Waals surface area contributed by atoms with Crippen LogP contribution in [-0.4, -0.2) is 46.0 Å². The van der Waals surface area contributed by atoms with Gasteiger partial charge in [-0.3, -0.25) is 19.5 Å². The summed E-state index contributed by atoms with van der Waals surface area (Å²) in [6, 6.07) is 1.50. The van der Waals surface area contributed by atoms with E-state index in [-0.39, 0.29) is 29.0 Å². The van der Waals surface area contributed by atoms with Gasteiger partial charge in [0.1, 0.15) is 0 Å². The second kappa shape index (κ2) is 6.52. The number of nitrogens with one attached hydrogen (secondary N) is 2. The fourth-order valence-electron chi connectivity index (χ4n) is 2.90. The minimum absolute atomic E-state index is 0.0631. The summed E-state index contributed by atoms with van der Waals surface area (Å²) in [7, 11) is 0. The van der Waals surface area contributed by atoms with E-state index in [1.165, 1.54) is 18.9 Å². The van der Waals surface area contributed by atoms with E-state index < -0.39 is 0 Å². The molecule has 3 rings (SSSR count). The lowest BCUT2D eigenvalue weighted by molar-refractivity contribution is -0.122. The molecule has 124 valence electrons. The molecule has 1 saturated carbocycles. The van der Waals surface area contributed by atoms with E-state index >= 15 is 0 Å². The number of hydrogen-bond acceptors (Lipinski definition) is 4. The van der Waals surface area contributed by atoms with E-state index in [1.807, 2.05) is 0 Å². The van der Waals surface area contributed by atoms with Gasteiger partial charge in [-0.2, -0.15) is 5.10 Å². The Bertz CT molecular complexity index is 658. The van der Waals surface area contributed by atoms with Crippen LogP contribution in [0.25, 0.3) is 0 Å². The van der Waals surface area contributed by atoms with Crippen LogP contribution >= 0.6 is 0 Å². The van der Waals surface area contributed by atoms with Crippen LogP contribution in [-0.2, 0) is 4.79 Å². The van der Waals surface area contributed by atoms with Gasteiger partial charge in [-0.1, -0.05) is 0 Å². The maximum atomic E-state index is 12.4. The number of nitrogens with zero attached hydrogens (tertiary/aromatic N) is 2. The van der Waals surface area contributed by atoms with Crippen molar-refractivity contribution >= 4 is 11.8 Å². The third-order valence-electron chi connectivity index (χ3n) is 4.45. The number of H-pyrrole nitrogens is 1. The minimum atomic E-state index is -0.355. The van der Waals surface area contributed by atoms with Crippen molar-refractivity contribution in [2.45, 2.75) is 45.1 Å². The number of likely N-dealkylation sites (tertiary alicyclic amines) is 1. The molecule has 0 aromatic carbocycles. The summed E-state index contributed by atoms with van der Waals surface area (Å²) in [6.07, 6.45) is 4.39. The van der Waals surface area contributed by atoms with Crippen molar-refractivity contribution in [3.8, 4) is 0 Å². The van der Waals surface area contributed by atoms with Crippen molar-refractivity contribution in [1.82, 2.24) is 20.4 Å². The van der Waals surface area contributed by atoms with Crippen molar-refractivity contribution in [3.63, 3.8) is 0 Å². The van der Waals surface area contributed by atoms with Gasteiger partial charge in [0.15, 0.2) is 5.69 Å². The second-order valence-corrected chi connectivity index (χ2v) is 6.55. The molecular formula is C16H22N4O3. The highest BCUT2D eigenvalue weighted by molar-refractivity contribution is 5.92. The summed E-state index contributed by atoms with van der Waals surface area (Å²) in [5.74, 6) is 0.360. The molecule has 7 heteroatoms. The van der Waals surface area contributed by atoms with E-state index in [2.05, 4.69) is 15.5 Å². The largest absolute Gasteiger partial charge is 0.353 e. The van der Waals surface area contributed by atoms with Gasteiger partial charge in [0.2, 0.25) is 11.3 Å². The van der Waals surface area contributed by atoms with Crippen LogP contribution in [0.4, 0.5) is 0 Å². The molecule has 0 bridgehead atoms. The zero-order chi connectivity index (χ0) is 16.4. The van der Waals surface area contributed by atoms with E-state index in [9.17, 15) is 14.4 Å². The Morgan fingerprint density at radius 1 is 1.30 bits per heavy atom. The summed E-state index contributed by atoms with van der Waals surface area (Å²) < 4.78 is 0. The number of aryl methyl sites for hydroxylation is 1. The summed E-state index contributed by atoms with van der Waals surface area (Å²) >= 11 is 0. The highest BCUT2D eigenvalue weighted by Crippen LogP contribution is 2.32. The average Bonchev–Trinajstić information content (AvgIpc) is 3.31. The molecule has 1 saturated heterocycles. The average molecular weight is 318 g/mol. The van der Waals surface area contributed by atoms with E-state index in [0.29, 0.717) is 44.0 Å². The van der Waals surface area contributed by atoms with Gasteiger partial charge < -0.3 is 10.2 Å². The molecule has 2 fully saturated rings. The molecule has 2 aliphatic rings. The molecule has 2 amide bonds. The van der Waals surface area contributed by atoms with Crippen LogP contribution in [0, 0.1) is 12.8 Å². The fourth-order valence-corrected chi connectivity index (χ4v) is 2.90. The molecule has 1 aliphatic carbocycles. The lowest BCUT2D eigenvalue weighted by Crippen LogP contribution is -2.47. The van der Waals surface area contributed by atoms with Gasteiger partial charge in [-0.15, -0.1) is 0 Å². The lowest BCUT2D eigenvalue weighted by Gasteiger charge is -2.32. The lowest BCUT2D eigenvalue weighted by atomic mass is 10.0. The number of aromatic nitrogens is 2. The van der Waals surface area contributed by atoms with Crippen LogP contribution < -0.4 is 10.7 Å². The Kier molecular flexibility index (Phi) is 4.45. The molecule has 1 aromatic rings. The molecule has 23 heavy (non-hydrogen) atoms. The smallest absolute Gasteiger partial charge is 0.278 e. The molecular weight excluding hydrogens is 296 g/mol. The van der Waals surface area contributed by atoms with E-state index in [0.717, 1.165) is 0 Å². The molecule has 2 heterocycles. The predicted octanol–water partition coefficient (Wildman–Crippen LogP) is 0.599. The Hall–Kier alpha value is -2.18. The first-order chi connectivity index (χ1) is 11.0. The van der Waals surface area contributed by atoms with Crippen molar-refractivity contribution in [2.24, 2.45) is 5.92 Å². The summed E-state index contributed by atoms with van der Waals surface area (Å²) in [5.41, 5.74) is 0.210. The Balaban J connectivity index is 1.52. The topological polar surface area (TPSA) is 95.2 Å². The number of hydrogen-bond donors (Lipinski definition) is 2. The molecule has 0 atom stereocenters. The fraction of sp³-hybridized carbons (Fsp3) is 0.625. The van der Waals surface area contributed by atoms with Gasteiger partial charge in [0.05, 0.1) is 0 Å². The SMILES string of the molecule is Cc1cc(=O)c(C(=O)N2CCC(NC(=O)CC3CC3)CC2)n[nH]1. The number of carbonyl (C=O) groups is 2. The van der Waals surface area contributed by atoms with Crippen LogP contribution in [0.2, 0.25) is 0 Å². The zero-order valence-electron chi connectivity index (χ0n) is 13.3. The standard InChI is InChI=1S/C16H22N4O3/c1-10-8-13(21)15(19-18-10)16(23)20-6-4-12(5-7-20)17-14(22)9-11-2-3-11/h8,11-12H,2-7,9H2,1H3,(H,17,22)(H,18,21). The number of carbonyl (C=O) groups excluding carboxylic acids is 2. The van der Waals surface area contributed by atoms with Gasteiger partial charge >= 0.3 is 0 Å². The molecule has 0 spiro atoms. The second-order valence-electron chi connectivity index (χ2n) is 6.55. The number of amides is 2. The number of rotatable bonds is 4. The molecule has 2 N–H and O–H groups in total. The Morgan fingerprint density at radius 3 is 2.61 bits per heavy atom. The van der Waals surface area contributed by atoms with Crippen LogP contribution in [0.15, 0.2) is 10.9 Å². The van der Waals surface area contributed by atoms with Crippen LogP contribution in [0.3, 0.4) is 0 Å². The first-order valence-electron chi connectivity index (χ1n) is 8.18. The summed E-state index contributed by atoms with van der Waals surface area (Å²) in [6.45, 7) is 2.78. The quantitative estimate of drug-likeness (QED) is 0.850. The molecule has 0 unspecified atom stereocenters. The highest BCUT2D eigenvalue weighted by Gasteiger charge is 2.29. The number of aromatic amines is 1. The van der Waals surface area contributed by atoms with Gasteiger partial charge in [0.25, 0.3) is 5.91 Å². The monoisotopic (exact) mass is 318 g/mol. The van der Waals surface area contributed by atoms with Crippen LogP contribution in [0.5, 0.6) is 0 Å². The number of piperidine rings is 1. The Labute approximate surface area is 134 Å². The molecule has 1 aliphatic heterocycles. The minimum Gasteiger partial charge on any atom is -0.353 e. The van der Waals surface area contributed by atoms with Crippen molar-refractivity contribution in [1.29, 1.82) is 0 Å². The van der Waals surface area contributed by atoms with Crippen molar-refractivity contribution < 1.29 is 9.59 Å². The maximum Gasteiger partial charge on any atom is 0.278 e. The summed E-state index contributed by atoms with van der Waals surface area (Å²) in [5, 5.41) is 9.57. The third kappa shape index (κ3) is 3.97. The highest BCUT2D eigenvalue weighted by atomic mass is 16.2. The van der Waals surface area contributed by atoms with Crippen LogP contribution in [0.1, 0.15) is 48.3 Å². The Morgan fingerprint density at radius 2 is 2.00 bits per heavy atom. The predicted molar refractivity (Wildman–Crippen MR) is 84.0 cm³/mol. The maximum absolute atomic E-state index is 12.4. The first-order valence-corrected chi connectivity index (χ1v) is 8.18. The zero-order valence-corrected chi connectivity index (χ0v) is 13.3. The molecule has 0 radical (unpaired) electrons. The first kappa shape index (κ1) is 15.7. The summed E-state index contributed by atoms with van der Waals surface area (Å²) in [4.78, 5) is 37.7. The van der Waals surface area contributed by atoms with Crippen molar-refractivity contribution in [2.75, 3.05) is 13.1 Å². The van der Waals surface area contributed by atoms with Gasteiger partial charge in [0, 0.05) is 37.3 Å². The molecule has 7 nitrogen and oxygen atoms in total.